The molecule has 6 rings (SSSR count). The molecule has 9 nitrogen and oxygen atoms in total. The molecule has 10 heteroatoms. The monoisotopic (exact) mass is 615 g/mol. The van der Waals surface area contributed by atoms with E-state index in [9.17, 15) is 14.4 Å². The van der Waals surface area contributed by atoms with E-state index in [-0.39, 0.29) is 11.8 Å². The fraction of sp³-hybridized carbons (Fsp3) is 0.471. The molecule has 1 atom stereocenters. The van der Waals surface area contributed by atoms with Crippen LogP contribution in [0.5, 0.6) is 0 Å². The number of thiazole rings is 1. The summed E-state index contributed by atoms with van der Waals surface area (Å²) in [6.07, 6.45) is 6.77. The molecule has 2 aliphatic heterocycles. The van der Waals surface area contributed by atoms with Gasteiger partial charge in [-0.3, -0.25) is 14.5 Å². The van der Waals surface area contributed by atoms with Crippen LogP contribution in [0, 0.1) is 0 Å². The summed E-state index contributed by atoms with van der Waals surface area (Å²) in [5.41, 5.74) is 2.00. The third-order valence-corrected chi connectivity index (χ3v) is 10.2. The van der Waals surface area contributed by atoms with Crippen LogP contribution in [0.2, 0.25) is 0 Å². The molecule has 1 saturated carbocycles. The number of carbonyl (C=O) groups is 3. The van der Waals surface area contributed by atoms with E-state index in [0.29, 0.717) is 30.0 Å². The molecule has 1 aromatic heterocycles. The Balaban J connectivity index is 1.08. The molecule has 44 heavy (non-hydrogen) atoms. The van der Waals surface area contributed by atoms with Gasteiger partial charge in [0.2, 0.25) is 5.91 Å². The van der Waals surface area contributed by atoms with E-state index < -0.39 is 11.6 Å². The number of amides is 2. The zero-order chi connectivity index (χ0) is 30.4. The minimum absolute atomic E-state index is 0.293. The number of morpholine rings is 1. The maximum absolute atomic E-state index is 13.6. The number of carbonyl (C=O) groups excluding carboxylic acids is 3. The van der Waals surface area contributed by atoms with E-state index >= 15 is 0 Å². The molecule has 2 aromatic carbocycles. The highest BCUT2D eigenvalue weighted by molar-refractivity contribution is 7.14. The average Bonchev–Trinajstić information content (AvgIpc) is 3.59. The molecule has 2 amide bonds. The van der Waals surface area contributed by atoms with E-state index in [0.717, 1.165) is 94.2 Å². The highest BCUT2D eigenvalue weighted by Crippen LogP contribution is 2.32. The Morgan fingerprint density at radius 3 is 2.34 bits per heavy atom. The molecule has 0 spiro atoms. The maximum Gasteiger partial charge on any atom is 0.252 e. The molecule has 0 radical (unpaired) electrons. The smallest absolute Gasteiger partial charge is 0.252 e. The van der Waals surface area contributed by atoms with Gasteiger partial charge >= 0.3 is 0 Å². The van der Waals surface area contributed by atoms with E-state index in [4.69, 9.17) is 9.72 Å². The van der Waals surface area contributed by atoms with E-state index in [1.807, 2.05) is 42.5 Å². The Bertz CT molecular complexity index is 1410. The first-order chi connectivity index (χ1) is 21.5. The number of ether oxygens (including phenoxy) is 1. The predicted molar refractivity (Wildman–Crippen MR) is 172 cm³/mol. The lowest BCUT2D eigenvalue weighted by Crippen LogP contribution is -2.60. The molecule has 232 valence electrons. The Kier molecular flexibility index (Phi) is 9.69. The van der Waals surface area contributed by atoms with Gasteiger partial charge < -0.3 is 25.1 Å². The van der Waals surface area contributed by atoms with Gasteiger partial charge in [-0.1, -0.05) is 61.7 Å². The minimum Gasteiger partial charge on any atom is -0.379 e. The molecule has 2 N–H and O–H groups in total. The van der Waals surface area contributed by atoms with Crippen molar-refractivity contribution in [3.8, 4) is 11.3 Å². The quantitative estimate of drug-likeness (QED) is 0.339. The number of nitrogens with one attached hydrogen (secondary N) is 2. The van der Waals surface area contributed by atoms with Crippen LogP contribution in [0.25, 0.3) is 11.3 Å². The van der Waals surface area contributed by atoms with Crippen molar-refractivity contribution in [3.05, 3.63) is 71.1 Å². The van der Waals surface area contributed by atoms with Crippen LogP contribution in [-0.4, -0.2) is 79.0 Å². The van der Waals surface area contributed by atoms with Gasteiger partial charge in [0.1, 0.15) is 17.9 Å². The third-order valence-electron chi connectivity index (χ3n) is 9.31. The van der Waals surface area contributed by atoms with Crippen molar-refractivity contribution in [1.82, 2.24) is 20.5 Å². The minimum atomic E-state index is -1.05. The Labute approximate surface area is 263 Å². The zero-order valence-corrected chi connectivity index (χ0v) is 25.9. The van der Waals surface area contributed by atoms with Gasteiger partial charge in [-0.15, -0.1) is 11.3 Å². The van der Waals surface area contributed by atoms with Gasteiger partial charge in [0.25, 0.3) is 5.91 Å². The van der Waals surface area contributed by atoms with E-state index in [1.54, 1.807) is 23.5 Å². The number of rotatable bonds is 9. The van der Waals surface area contributed by atoms with Crippen LogP contribution in [0.1, 0.15) is 66.9 Å². The molecule has 3 aromatic rings. The fourth-order valence-corrected chi connectivity index (χ4v) is 7.58. The Hall–Kier alpha value is -3.60. The van der Waals surface area contributed by atoms with Crippen LogP contribution in [0.4, 0.5) is 5.13 Å². The Morgan fingerprint density at radius 2 is 1.66 bits per heavy atom. The number of aldehydes is 1. The van der Waals surface area contributed by atoms with Crippen LogP contribution >= 0.6 is 11.3 Å². The van der Waals surface area contributed by atoms with Gasteiger partial charge in [0.05, 0.1) is 18.9 Å². The summed E-state index contributed by atoms with van der Waals surface area (Å²) in [7, 11) is 0. The summed E-state index contributed by atoms with van der Waals surface area (Å²) in [5, 5.41) is 9.07. The molecule has 3 heterocycles. The maximum atomic E-state index is 13.6. The standard InChI is InChI=1S/C34H41N5O4S/c40-23-29(25-7-3-1-4-8-25)35-32(42)34(15-5-2-6-16-34)37-31(41)27-11-9-26(10-12-27)30-24-44-33(36-30)39-17-13-28(14-18-39)38-19-21-43-22-20-38/h1,3-4,7-12,23-24,28-29H,2,5-6,13-22H2,(H,35,42)(H,37,41)/t29-/m1/s1. The first kappa shape index (κ1) is 30.4. The lowest BCUT2D eigenvalue weighted by Gasteiger charge is -2.40. The average molecular weight is 616 g/mol. The number of nitrogens with zero attached hydrogens (tertiary/aromatic N) is 3. The topological polar surface area (TPSA) is 104 Å². The van der Waals surface area contributed by atoms with Crippen LogP contribution < -0.4 is 15.5 Å². The van der Waals surface area contributed by atoms with Gasteiger partial charge in [-0.25, -0.2) is 4.98 Å². The molecule has 0 bridgehead atoms. The number of hydrogen-bond donors (Lipinski definition) is 2. The zero-order valence-electron chi connectivity index (χ0n) is 25.1. The van der Waals surface area contributed by atoms with Gasteiger partial charge in [0.15, 0.2) is 5.13 Å². The highest BCUT2D eigenvalue weighted by atomic mass is 32.1. The molecule has 0 unspecified atom stereocenters. The van der Waals surface area contributed by atoms with Gasteiger partial charge in [-0.2, -0.15) is 0 Å². The second-order valence-corrected chi connectivity index (χ2v) is 12.9. The largest absolute Gasteiger partial charge is 0.379 e. The second-order valence-electron chi connectivity index (χ2n) is 12.1. The summed E-state index contributed by atoms with van der Waals surface area (Å²) in [5.74, 6) is -0.606. The molecule has 3 aliphatic rings. The van der Waals surface area contributed by atoms with Crippen molar-refractivity contribution in [2.24, 2.45) is 0 Å². The predicted octanol–water partition coefficient (Wildman–Crippen LogP) is 4.60. The molecule has 2 saturated heterocycles. The van der Waals surface area contributed by atoms with Crippen molar-refractivity contribution in [2.45, 2.75) is 62.6 Å². The SMILES string of the molecule is O=C[C@@H](NC(=O)C1(NC(=O)c2ccc(-c3csc(N4CCC(N5CCOCC5)CC4)n3)cc2)CCCCC1)c1ccccc1. The first-order valence-corrected chi connectivity index (χ1v) is 16.7. The number of aromatic nitrogens is 1. The summed E-state index contributed by atoms with van der Waals surface area (Å²) < 4.78 is 5.52. The third kappa shape index (κ3) is 6.87. The Morgan fingerprint density at radius 1 is 0.955 bits per heavy atom. The molecule has 3 fully saturated rings. The van der Waals surface area contributed by atoms with Crippen molar-refractivity contribution in [2.75, 3.05) is 44.3 Å². The summed E-state index contributed by atoms with van der Waals surface area (Å²) in [6.45, 7) is 5.74. The highest BCUT2D eigenvalue weighted by Gasteiger charge is 2.42. The number of anilines is 1. The summed E-state index contributed by atoms with van der Waals surface area (Å²) in [6, 6.07) is 16.5. The summed E-state index contributed by atoms with van der Waals surface area (Å²) in [4.78, 5) is 48.8. The summed E-state index contributed by atoms with van der Waals surface area (Å²) >= 11 is 1.66. The number of piperidine rings is 1. The van der Waals surface area contributed by atoms with Gasteiger partial charge in [0, 0.05) is 48.7 Å². The van der Waals surface area contributed by atoms with Crippen molar-refractivity contribution in [3.63, 3.8) is 0 Å². The normalized spacial score (nSPS) is 20.0. The van der Waals surface area contributed by atoms with E-state index in [1.165, 1.54) is 0 Å². The fourth-order valence-electron chi connectivity index (χ4n) is 6.69. The number of benzene rings is 2. The van der Waals surface area contributed by atoms with Crippen molar-refractivity contribution >= 4 is 34.6 Å². The van der Waals surface area contributed by atoms with Crippen LogP contribution in [-0.2, 0) is 14.3 Å². The lowest BCUT2D eigenvalue weighted by atomic mass is 9.80. The van der Waals surface area contributed by atoms with E-state index in [2.05, 4.69) is 25.8 Å². The van der Waals surface area contributed by atoms with Crippen LogP contribution in [0.15, 0.2) is 60.0 Å². The van der Waals surface area contributed by atoms with Crippen molar-refractivity contribution < 1.29 is 19.1 Å². The number of hydrogen-bond acceptors (Lipinski definition) is 8. The van der Waals surface area contributed by atoms with Gasteiger partial charge in [-0.05, 0) is 43.4 Å². The van der Waals surface area contributed by atoms with Crippen LogP contribution in [0.3, 0.4) is 0 Å². The molecular formula is C34H41N5O4S. The lowest BCUT2D eigenvalue weighted by molar-refractivity contribution is -0.131. The second kappa shape index (κ2) is 14.0. The molecular weight excluding hydrogens is 574 g/mol. The molecule has 1 aliphatic carbocycles. The first-order valence-electron chi connectivity index (χ1n) is 15.8. The van der Waals surface area contributed by atoms with Crippen molar-refractivity contribution in [1.29, 1.82) is 0 Å².